The summed E-state index contributed by atoms with van der Waals surface area (Å²) in [4.78, 5) is 17.2. The summed E-state index contributed by atoms with van der Waals surface area (Å²) >= 11 is 0. The van der Waals surface area contributed by atoms with E-state index in [-0.39, 0.29) is 5.78 Å². The van der Waals surface area contributed by atoms with Crippen LogP contribution in [0.1, 0.15) is 79.9 Å². The predicted octanol–water partition coefficient (Wildman–Crippen LogP) is 5.20. The average Bonchev–Trinajstić information content (AvgIpc) is 3.56. The lowest BCUT2D eigenvalue weighted by Crippen LogP contribution is -2.17. The molecule has 1 aliphatic rings. The highest BCUT2D eigenvalue weighted by Gasteiger charge is 2.23. The molecule has 8 heteroatoms. The first-order valence-corrected chi connectivity index (χ1v) is 12.1. The van der Waals surface area contributed by atoms with Gasteiger partial charge in [-0.15, -0.1) is 15.3 Å². The van der Waals surface area contributed by atoms with Crippen molar-refractivity contribution >= 4 is 5.78 Å². The summed E-state index contributed by atoms with van der Waals surface area (Å²) in [6.45, 7) is 2.01. The van der Waals surface area contributed by atoms with Crippen LogP contribution in [0.3, 0.4) is 0 Å². The van der Waals surface area contributed by atoms with E-state index in [2.05, 4.69) is 56.1 Å². The lowest BCUT2D eigenvalue weighted by atomic mass is 9.95. The van der Waals surface area contributed by atoms with Gasteiger partial charge in [-0.25, -0.2) is 9.67 Å². The molecule has 0 spiro atoms. The van der Waals surface area contributed by atoms with Crippen molar-refractivity contribution in [2.45, 2.75) is 64.3 Å². The third kappa shape index (κ3) is 4.66. The standard InChI is InChI=1S/C26H29N7O/c1-2-8-23(34)26-27-24(33(30-26)20-9-4-3-5-10-20)17-18-13-15-19(16-14-18)21-11-6-7-12-22(21)25-28-31-32-29-25/h6-7,11-16,20H,2-5,8-10,17H2,1H3,(H,28,29,31,32). The van der Waals surface area contributed by atoms with E-state index in [1.165, 1.54) is 19.3 Å². The Hall–Kier alpha value is -3.68. The van der Waals surface area contributed by atoms with E-state index < -0.39 is 0 Å². The number of tetrazole rings is 1. The Bertz CT molecular complexity index is 1240. The summed E-state index contributed by atoms with van der Waals surface area (Å²) < 4.78 is 2.04. The molecule has 0 radical (unpaired) electrons. The van der Waals surface area contributed by atoms with Gasteiger partial charge in [0.05, 0.1) is 6.04 Å². The molecule has 1 N–H and O–H groups in total. The third-order valence-electron chi connectivity index (χ3n) is 6.49. The van der Waals surface area contributed by atoms with Crippen LogP contribution in [0.5, 0.6) is 0 Å². The molecule has 174 valence electrons. The van der Waals surface area contributed by atoms with Crippen LogP contribution in [-0.2, 0) is 6.42 Å². The molecule has 0 unspecified atom stereocenters. The second-order valence-corrected chi connectivity index (χ2v) is 8.92. The lowest BCUT2D eigenvalue weighted by molar-refractivity contribution is 0.0971. The highest BCUT2D eigenvalue weighted by Crippen LogP contribution is 2.31. The van der Waals surface area contributed by atoms with Crippen LogP contribution in [0.2, 0.25) is 0 Å². The van der Waals surface area contributed by atoms with Crippen molar-refractivity contribution in [3.8, 4) is 22.5 Å². The predicted molar refractivity (Wildman–Crippen MR) is 129 cm³/mol. The van der Waals surface area contributed by atoms with Gasteiger partial charge in [-0.1, -0.05) is 74.7 Å². The van der Waals surface area contributed by atoms with Crippen molar-refractivity contribution < 1.29 is 4.79 Å². The fraction of sp³-hybridized carbons (Fsp3) is 0.385. The van der Waals surface area contributed by atoms with Crippen LogP contribution in [-0.4, -0.2) is 41.2 Å². The summed E-state index contributed by atoms with van der Waals surface area (Å²) in [6.07, 6.45) is 7.83. The zero-order valence-electron chi connectivity index (χ0n) is 19.4. The summed E-state index contributed by atoms with van der Waals surface area (Å²) in [5.41, 5.74) is 4.20. The van der Waals surface area contributed by atoms with Gasteiger partial charge in [-0.3, -0.25) is 4.79 Å². The molecule has 4 aromatic rings. The number of benzene rings is 2. The number of hydrogen-bond acceptors (Lipinski definition) is 6. The molecule has 1 aliphatic carbocycles. The second-order valence-electron chi connectivity index (χ2n) is 8.92. The van der Waals surface area contributed by atoms with E-state index in [9.17, 15) is 4.79 Å². The highest BCUT2D eigenvalue weighted by molar-refractivity contribution is 5.92. The van der Waals surface area contributed by atoms with E-state index in [0.717, 1.165) is 47.3 Å². The molecule has 0 atom stereocenters. The van der Waals surface area contributed by atoms with Crippen LogP contribution in [0.15, 0.2) is 48.5 Å². The summed E-state index contributed by atoms with van der Waals surface area (Å²) in [7, 11) is 0. The smallest absolute Gasteiger partial charge is 0.217 e. The van der Waals surface area contributed by atoms with Crippen LogP contribution in [0.4, 0.5) is 0 Å². The fourth-order valence-corrected chi connectivity index (χ4v) is 4.74. The number of nitrogens with one attached hydrogen (secondary N) is 1. The zero-order valence-corrected chi connectivity index (χ0v) is 19.4. The monoisotopic (exact) mass is 455 g/mol. The SMILES string of the molecule is CCCC(=O)c1nc(Cc2ccc(-c3ccccc3-c3nn[nH]n3)cc2)n(C2CCCCC2)n1. The summed E-state index contributed by atoms with van der Waals surface area (Å²) in [5, 5.41) is 19.2. The zero-order chi connectivity index (χ0) is 23.3. The molecule has 34 heavy (non-hydrogen) atoms. The van der Waals surface area contributed by atoms with Crippen molar-refractivity contribution in [2.75, 3.05) is 0 Å². The quantitative estimate of drug-likeness (QED) is 0.366. The molecule has 0 amide bonds. The molecule has 0 bridgehead atoms. The van der Waals surface area contributed by atoms with Crippen LogP contribution < -0.4 is 0 Å². The van der Waals surface area contributed by atoms with Crippen LogP contribution in [0.25, 0.3) is 22.5 Å². The summed E-state index contributed by atoms with van der Waals surface area (Å²) in [5.74, 6) is 1.86. The van der Waals surface area contributed by atoms with E-state index >= 15 is 0 Å². The molecule has 1 fully saturated rings. The first-order valence-electron chi connectivity index (χ1n) is 12.1. The number of aromatic nitrogens is 7. The van der Waals surface area contributed by atoms with Crippen molar-refractivity contribution in [3.63, 3.8) is 0 Å². The van der Waals surface area contributed by atoms with E-state index in [4.69, 9.17) is 4.98 Å². The van der Waals surface area contributed by atoms with Gasteiger partial charge in [0.2, 0.25) is 17.4 Å². The topological polar surface area (TPSA) is 102 Å². The Morgan fingerprint density at radius 1 is 1.03 bits per heavy atom. The molecule has 1 saturated carbocycles. The number of carbonyl (C=O) groups excluding carboxylic acids is 1. The van der Waals surface area contributed by atoms with E-state index in [1.807, 2.05) is 29.8 Å². The van der Waals surface area contributed by atoms with Crippen molar-refractivity contribution in [1.29, 1.82) is 0 Å². The number of nitrogens with zero attached hydrogens (tertiary/aromatic N) is 6. The minimum absolute atomic E-state index is 0.0340. The van der Waals surface area contributed by atoms with Gasteiger partial charge in [0.15, 0.2) is 0 Å². The normalized spacial score (nSPS) is 14.4. The molecule has 5 rings (SSSR count). The van der Waals surface area contributed by atoms with Gasteiger partial charge in [-0.05, 0) is 41.2 Å². The van der Waals surface area contributed by atoms with E-state index in [0.29, 0.717) is 30.5 Å². The third-order valence-corrected chi connectivity index (χ3v) is 6.49. The molecule has 0 saturated heterocycles. The number of hydrogen-bond donors (Lipinski definition) is 1. The number of rotatable bonds is 8. The molecule has 8 nitrogen and oxygen atoms in total. The molecule has 0 aliphatic heterocycles. The maximum atomic E-state index is 12.5. The Labute approximate surface area is 198 Å². The maximum absolute atomic E-state index is 12.5. The molecule has 2 aromatic heterocycles. The number of ketones is 1. The van der Waals surface area contributed by atoms with Gasteiger partial charge in [0, 0.05) is 18.4 Å². The van der Waals surface area contributed by atoms with Crippen LogP contribution in [0, 0.1) is 0 Å². The van der Waals surface area contributed by atoms with Gasteiger partial charge < -0.3 is 0 Å². The molecular formula is C26H29N7O. The molecular weight excluding hydrogens is 426 g/mol. The number of H-pyrrole nitrogens is 1. The van der Waals surface area contributed by atoms with Gasteiger partial charge >= 0.3 is 0 Å². The number of carbonyl (C=O) groups is 1. The van der Waals surface area contributed by atoms with Crippen LogP contribution >= 0.6 is 0 Å². The lowest BCUT2D eigenvalue weighted by Gasteiger charge is -2.23. The first kappa shape index (κ1) is 22.1. The summed E-state index contributed by atoms with van der Waals surface area (Å²) in [6, 6.07) is 16.8. The Morgan fingerprint density at radius 3 is 2.50 bits per heavy atom. The Balaban J connectivity index is 1.42. The average molecular weight is 456 g/mol. The fourth-order valence-electron chi connectivity index (χ4n) is 4.74. The minimum atomic E-state index is 0.0340. The number of Topliss-reactive ketones (excluding diaryl/α,β-unsaturated/α-hetero) is 1. The molecule has 2 heterocycles. The van der Waals surface area contributed by atoms with Gasteiger partial charge in [0.25, 0.3) is 0 Å². The van der Waals surface area contributed by atoms with Gasteiger partial charge in [-0.2, -0.15) is 5.21 Å². The second kappa shape index (κ2) is 10.1. The van der Waals surface area contributed by atoms with Crippen molar-refractivity contribution in [2.24, 2.45) is 0 Å². The highest BCUT2D eigenvalue weighted by atomic mass is 16.1. The Morgan fingerprint density at radius 2 is 1.79 bits per heavy atom. The Kier molecular flexibility index (Phi) is 6.56. The number of aromatic amines is 1. The first-order chi connectivity index (χ1) is 16.7. The van der Waals surface area contributed by atoms with Crippen molar-refractivity contribution in [3.05, 3.63) is 65.7 Å². The largest absolute Gasteiger partial charge is 0.291 e. The van der Waals surface area contributed by atoms with Crippen molar-refractivity contribution in [1.82, 2.24) is 35.4 Å². The maximum Gasteiger partial charge on any atom is 0.217 e. The van der Waals surface area contributed by atoms with Gasteiger partial charge in [0.1, 0.15) is 5.82 Å². The van der Waals surface area contributed by atoms with E-state index in [1.54, 1.807) is 0 Å². The minimum Gasteiger partial charge on any atom is -0.291 e. The molecule has 2 aromatic carbocycles.